The maximum Gasteiger partial charge on any atom is 0.271 e. The SMILES string of the molecule is COCCCNC(=O)c1nc(Cl)ccc1Cl. The van der Waals surface area contributed by atoms with Crippen LogP contribution >= 0.6 is 23.2 Å². The van der Waals surface area contributed by atoms with Gasteiger partial charge in [0.2, 0.25) is 0 Å². The number of nitrogens with one attached hydrogen (secondary N) is 1. The molecule has 0 fully saturated rings. The van der Waals surface area contributed by atoms with Crippen molar-refractivity contribution in [3.63, 3.8) is 0 Å². The van der Waals surface area contributed by atoms with Crippen LogP contribution in [0, 0.1) is 0 Å². The molecule has 1 amide bonds. The van der Waals surface area contributed by atoms with Crippen LogP contribution in [0.2, 0.25) is 10.2 Å². The van der Waals surface area contributed by atoms with Gasteiger partial charge in [0.1, 0.15) is 10.8 Å². The number of methoxy groups -OCH3 is 1. The largest absolute Gasteiger partial charge is 0.385 e. The zero-order valence-corrected chi connectivity index (χ0v) is 10.3. The summed E-state index contributed by atoms with van der Waals surface area (Å²) in [7, 11) is 1.61. The lowest BCUT2D eigenvalue weighted by Gasteiger charge is -2.05. The van der Waals surface area contributed by atoms with Gasteiger partial charge < -0.3 is 10.1 Å². The van der Waals surface area contributed by atoms with Crippen molar-refractivity contribution >= 4 is 29.1 Å². The van der Waals surface area contributed by atoms with Crippen molar-refractivity contribution in [3.05, 3.63) is 28.0 Å². The fraction of sp³-hybridized carbons (Fsp3) is 0.400. The van der Waals surface area contributed by atoms with E-state index in [4.69, 9.17) is 27.9 Å². The van der Waals surface area contributed by atoms with E-state index in [9.17, 15) is 4.79 Å². The fourth-order valence-electron chi connectivity index (χ4n) is 1.08. The van der Waals surface area contributed by atoms with Gasteiger partial charge >= 0.3 is 0 Å². The van der Waals surface area contributed by atoms with Crippen molar-refractivity contribution in [2.75, 3.05) is 20.3 Å². The van der Waals surface area contributed by atoms with E-state index in [1.807, 2.05) is 0 Å². The molecule has 0 aliphatic carbocycles. The lowest BCUT2D eigenvalue weighted by molar-refractivity contribution is 0.0944. The van der Waals surface area contributed by atoms with Gasteiger partial charge in [-0.3, -0.25) is 4.79 Å². The number of rotatable bonds is 5. The number of hydrogen-bond donors (Lipinski definition) is 1. The normalized spacial score (nSPS) is 10.2. The summed E-state index contributed by atoms with van der Waals surface area (Å²) >= 11 is 11.5. The molecular formula is C10H12Cl2N2O2. The molecule has 0 unspecified atom stereocenters. The quantitative estimate of drug-likeness (QED) is 0.654. The summed E-state index contributed by atoms with van der Waals surface area (Å²) in [6.07, 6.45) is 0.737. The highest BCUT2D eigenvalue weighted by Gasteiger charge is 2.11. The Labute approximate surface area is 104 Å². The van der Waals surface area contributed by atoms with E-state index in [-0.39, 0.29) is 21.8 Å². The van der Waals surface area contributed by atoms with Crippen LogP contribution in [0.1, 0.15) is 16.9 Å². The Morgan fingerprint density at radius 2 is 2.25 bits per heavy atom. The maximum absolute atomic E-state index is 11.6. The molecule has 0 bridgehead atoms. The zero-order valence-electron chi connectivity index (χ0n) is 8.80. The molecule has 0 radical (unpaired) electrons. The number of nitrogens with zero attached hydrogens (tertiary/aromatic N) is 1. The fourth-order valence-corrected chi connectivity index (χ4v) is 1.42. The Morgan fingerprint density at radius 3 is 2.94 bits per heavy atom. The predicted molar refractivity (Wildman–Crippen MR) is 63.1 cm³/mol. The van der Waals surface area contributed by atoms with Gasteiger partial charge in [0.05, 0.1) is 5.02 Å². The third-order valence-corrected chi connectivity index (χ3v) is 2.35. The maximum atomic E-state index is 11.6. The lowest BCUT2D eigenvalue weighted by Crippen LogP contribution is -2.26. The third kappa shape index (κ3) is 3.96. The molecule has 0 aliphatic heterocycles. The van der Waals surface area contributed by atoms with Crippen LogP contribution in [-0.2, 0) is 4.74 Å². The summed E-state index contributed by atoms with van der Waals surface area (Å²) in [6, 6.07) is 3.08. The number of ether oxygens (including phenoxy) is 1. The highest BCUT2D eigenvalue weighted by atomic mass is 35.5. The predicted octanol–water partition coefficient (Wildman–Crippen LogP) is 2.15. The average Bonchev–Trinajstić information content (AvgIpc) is 2.27. The second-order valence-electron chi connectivity index (χ2n) is 3.07. The molecule has 1 heterocycles. The highest BCUT2D eigenvalue weighted by Crippen LogP contribution is 2.16. The Bertz CT molecular complexity index is 372. The number of pyridine rings is 1. The van der Waals surface area contributed by atoms with Crippen molar-refractivity contribution < 1.29 is 9.53 Å². The number of halogens is 2. The summed E-state index contributed by atoms with van der Waals surface area (Å²) in [5.74, 6) is -0.330. The molecule has 6 heteroatoms. The smallest absolute Gasteiger partial charge is 0.271 e. The van der Waals surface area contributed by atoms with E-state index < -0.39 is 0 Å². The molecule has 88 valence electrons. The second kappa shape index (κ2) is 6.68. The van der Waals surface area contributed by atoms with Gasteiger partial charge in [-0.15, -0.1) is 0 Å². The molecule has 1 aromatic rings. The van der Waals surface area contributed by atoms with Gasteiger partial charge in [-0.2, -0.15) is 0 Å². The highest BCUT2D eigenvalue weighted by molar-refractivity contribution is 6.34. The van der Waals surface area contributed by atoms with Crippen molar-refractivity contribution in [1.82, 2.24) is 10.3 Å². The molecule has 4 nitrogen and oxygen atoms in total. The van der Waals surface area contributed by atoms with E-state index in [0.29, 0.717) is 13.2 Å². The molecule has 0 saturated carbocycles. The molecule has 0 saturated heterocycles. The summed E-state index contributed by atoms with van der Waals surface area (Å²) in [5.41, 5.74) is 0.145. The third-order valence-electron chi connectivity index (χ3n) is 1.84. The van der Waals surface area contributed by atoms with Crippen molar-refractivity contribution in [2.24, 2.45) is 0 Å². The number of aromatic nitrogens is 1. The monoisotopic (exact) mass is 262 g/mol. The van der Waals surface area contributed by atoms with Gasteiger partial charge in [-0.25, -0.2) is 4.98 Å². The van der Waals surface area contributed by atoms with Crippen LogP contribution in [0.3, 0.4) is 0 Å². The standard InChI is InChI=1S/C10H12Cl2N2O2/c1-16-6-2-5-13-10(15)9-7(11)3-4-8(12)14-9/h3-4H,2,5-6H2,1H3,(H,13,15). The Hall–Kier alpha value is -0.840. The first-order chi connectivity index (χ1) is 7.65. The van der Waals surface area contributed by atoms with E-state index >= 15 is 0 Å². The number of amides is 1. The van der Waals surface area contributed by atoms with Crippen LogP contribution in [0.15, 0.2) is 12.1 Å². The topological polar surface area (TPSA) is 51.2 Å². The van der Waals surface area contributed by atoms with E-state index in [2.05, 4.69) is 10.3 Å². The Morgan fingerprint density at radius 1 is 1.50 bits per heavy atom. The van der Waals surface area contributed by atoms with E-state index in [1.165, 1.54) is 6.07 Å². The summed E-state index contributed by atoms with van der Waals surface area (Å²) in [6.45, 7) is 1.11. The lowest BCUT2D eigenvalue weighted by atomic mass is 10.3. The summed E-state index contributed by atoms with van der Waals surface area (Å²) in [5, 5.41) is 3.21. The minimum atomic E-state index is -0.330. The molecule has 0 spiro atoms. The second-order valence-corrected chi connectivity index (χ2v) is 3.86. The molecule has 0 atom stereocenters. The minimum absolute atomic E-state index is 0.145. The number of hydrogen-bond acceptors (Lipinski definition) is 3. The molecule has 1 aromatic heterocycles. The number of carbonyl (C=O) groups excluding carboxylic acids is 1. The van der Waals surface area contributed by atoms with Crippen molar-refractivity contribution in [3.8, 4) is 0 Å². The van der Waals surface area contributed by atoms with Crippen molar-refractivity contribution in [1.29, 1.82) is 0 Å². The molecule has 16 heavy (non-hydrogen) atoms. The van der Waals surface area contributed by atoms with Gasteiger partial charge in [0, 0.05) is 20.3 Å². The molecule has 1 N–H and O–H groups in total. The van der Waals surface area contributed by atoms with E-state index in [0.717, 1.165) is 6.42 Å². The first-order valence-corrected chi connectivity index (χ1v) is 5.50. The minimum Gasteiger partial charge on any atom is -0.385 e. The van der Waals surface area contributed by atoms with Crippen LogP contribution in [-0.4, -0.2) is 31.2 Å². The summed E-state index contributed by atoms with van der Waals surface area (Å²) in [4.78, 5) is 15.5. The Kier molecular flexibility index (Phi) is 5.52. The van der Waals surface area contributed by atoms with Gasteiger partial charge in [-0.05, 0) is 18.6 Å². The molecule has 1 rings (SSSR count). The van der Waals surface area contributed by atoms with Gasteiger partial charge in [0.25, 0.3) is 5.91 Å². The molecular weight excluding hydrogens is 251 g/mol. The van der Waals surface area contributed by atoms with Gasteiger partial charge in [0.15, 0.2) is 0 Å². The Balaban J connectivity index is 2.55. The first-order valence-electron chi connectivity index (χ1n) is 4.74. The van der Waals surface area contributed by atoms with Gasteiger partial charge in [-0.1, -0.05) is 23.2 Å². The molecule has 0 aliphatic rings. The van der Waals surface area contributed by atoms with Crippen LogP contribution in [0.4, 0.5) is 0 Å². The number of carbonyl (C=O) groups is 1. The van der Waals surface area contributed by atoms with Crippen molar-refractivity contribution in [2.45, 2.75) is 6.42 Å². The zero-order chi connectivity index (χ0) is 12.0. The van der Waals surface area contributed by atoms with Crippen LogP contribution < -0.4 is 5.32 Å². The average molecular weight is 263 g/mol. The molecule has 0 aromatic carbocycles. The first kappa shape index (κ1) is 13.2. The van der Waals surface area contributed by atoms with E-state index in [1.54, 1.807) is 13.2 Å². The van der Waals surface area contributed by atoms with Crippen LogP contribution in [0.25, 0.3) is 0 Å². The van der Waals surface area contributed by atoms with Crippen LogP contribution in [0.5, 0.6) is 0 Å². The summed E-state index contributed by atoms with van der Waals surface area (Å²) < 4.78 is 4.86.